The first-order valence-corrected chi connectivity index (χ1v) is 8.61. The highest BCUT2D eigenvalue weighted by Gasteiger charge is 2.36. The Hall–Kier alpha value is -1.62. The van der Waals surface area contributed by atoms with Crippen LogP contribution in [0.2, 0.25) is 0 Å². The summed E-state index contributed by atoms with van der Waals surface area (Å²) in [6.07, 6.45) is 6.25. The molecule has 1 aliphatic heterocycles. The van der Waals surface area contributed by atoms with Gasteiger partial charge in [0.2, 0.25) is 0 Å². The second-order valence-corrected chi connectivity index (χ2v) is 6.60. The van der Waals surface area contributed by atoms with Crippen molar-refractivity contribution >= 4 is 6.03 Å². The molecule has 2 unspecified atom stereocenters. The van der Waals surface area contributed by atoms with Gasteiger partial charge in [-0.3, -0.25) is 0 Å². The highest BCUT2D eigenvalue weighted by atomic mass is 19.1. The summed E-state index contributed by atoms with van der Waals surface area (Å²) in [5, 5.41) is 5.94. The number of hydrogen-bond acceptors (Lipinski definition) is 2. The number of carbonyl (C=O) groups excluding carboxylic acids is 1. The van der Waals surface area contributed by atoms with Crippen molar-refractivity contribution in [3.05, 3.63) is 35.6 Å². The SMILES string of the molecule is O=C(NCCCc1cccc(F)c1)NC1CCOC(C2CC2)C1. The van der Waals surface area contributed by atoms with Crippen LogP contribution >= 0.6 is 0 Å². The zero-order valence-corrected chi connectivity index (χ0v) is 13.4. The summed E-state index contributed by atoms with van der Waals surface area (Å²) in [5.41, 5.74) is 0.962. The maximum atomic E-state index is 13.1. The van der Waals surface area contributed by atoms with E-state index in [1.807, 2.05) is 6.07 Å². The number of urea groups is 1. The van der Waals surface area contributed by atoms with Crippen LogP contribution in [0.25, 0.3) is 0 Å². The molecule has 0 aromatic heterocycles. The van der Waals surface area contributed by atoms with E-state index >= 15 is 0 Å². The van der Waals surface area contributed by atoms with Crippen LogP contribution in [-0.2, 0) is 11.2 Å². The van der Waals surface area contributed by atoms with E-state index in [1.54, 1.807) is 12.1 Å². The lowest BCUT2D eigenvalue weighted by Gasteiger charge is -2.30. The monoisotopic (exact) mass is 320 g/mol. The van der Waals surface area contributed by atoms with Crippen LogP contribution in [0.4, 0.5) is 9.18 Å². The van der Waals surface area contributed by atoms with Crippen molar-refractivity contribution in [1.82, 2.24) is 10.6 Å². The maximum Gasteiger partial charge on any atom is 0.315 e. The third-order valence-electron chi connectivity index (χ3n) is 4.61. The summed E-state index contributed by atoms with van der Waals surface area (Å²) in [7, 11) is 0. The normalized spacial score (nSPS) is 24.2. The Balaban J connectivity index is 1.31. The third-order valence-corrected chi connectivity index (χ3v) is 4.61. The summed E-state index contributed by atoms with van der Waals surface area (Å²) in [6.45, 7) is 1.34. The topological polar surface area (TPSA) is 50.4 Å². The van der Waals surface area contributed by atoms with E-state index in [4.69, 9.17) is 4.74 Å². The smallest absolute Gasteiger partial charge is 0.315 e. The molecule has 1 saturated carbocycles. The van der Waals surface area contributed by atoms with Crippen LogP contribution in [0.1, 0.15) is 37.7 Å². The van der Waals surface area contributed by atoms with Gasteiger partial charge in [0.25, 0.3) is 0 Å². The minimum atomic E-state index is -0.210. The predicted octanol–water partition coefficient (Wildman–Crippen LogP) is 3.02. The lowest BCUT2D eigenvalue weighted by atomic mass is 10.0. The van der Waals surface area contributed by atoms with Crippen LogP contribution in [-0.4, -0.2) is 31.3 Å². The van der Waals surface area contributed by atoms with Crippen molar-refractivity contribution in [2.24, 2.45) is 5.92 Å². The number of nitrogens with one attached hydrogen (secondary N) is 2. The first kappa shape index (κ1) is 16.2. The molecule has 2 atom stereocenters. The van der Waals surface area contributed by atoms with E-state index < -0.39 is 0 Å². The van der Waals surface area contributed by atoms with Gasteiger partial charge in [0.1, 0.15) is 5.82 Å². The fourth-order valence-electron chi connectivity index (χ4n) is 3.18. The van der Waals surface area contributed by atoms with Crippen molar-refractivity contribution < 1.29 is 13.9 Å². The van der Waals surface area contributed by atoms with Crippen LogP contribution in [0.3, 0.4) is 0 Å². The Labute approximate surface area is 136 Å². The van der Waals surface area contributed by atoms with E-state index in [9.17, 15) is 9.18 Å². The molecule has 1 heterocycles. The van der Waals surface area contributed by atoms with Gasteiger partial charge < -0.3 is 15.4 Å². The molecular weight excluding hydrogens is 295 g/mol. The number of hydrogen-bond donors (Lipinski definition) is 2. The van der Waals surface area contributed by atoms with Gasteiger partial charge in [-0.25, -0.2) is 9.18 Å². The summed E-state index contributed by atoms with van der Waals surface area (Å²) in [5.74, 6) is 0.506. The fourth-order valence-corrected chi connectivity index (χ4v) is 3.18. The van der Waals surface area contributed by atoms with Gasteiger partial charge in [0, 0.05) is 19.2 Å². The molecule has 1 saturated heterocycles. The standard InChI is InChI=1S/C18H25FN2O2/c19-15-5-1-3-13(11-15)4-2-9-20-18(22)21-16-8-10-23-17(12-16)14-6-7-14/h1,3,5,11,14,16-17H,2,4,6-10,12H2,(H2,20,21,22). The highest BCUT2D eigenvalue weighted by molar-refractivity contribution is 5.74. The van der Waals surface area contributed by atoms with Crippen LogP contribution < -0.4 is 10.6 Å². The third kappa shape index (κ3) is 5.20. The van der Waals surface area contributed by atoms with Gasteiger partial charge in [-0.05, 0) is 62.1 Å². The molecule has 1 aromatic carbocycles. The maximum absolute atomic E-state index is 13.1. The number of benzene rings is 1. The van der Waals surface area contributed by atoms with E-state index in [-0.39, 0.29) is 17.9 Å². The molecule has 23 heavy (non-hydrogen) atoms. The van der Waals surface area contributed by atoms with Crippen molar-refractivity contribution in [1.29, 1.82) is 0 Å². The molecule has 2 aliphatic rings. The van der Waals surface area contributed by atoms with E-state index in [0.29, 0.717) is 18.6 Å². The Morgan fingerprint density at radius 1 is 1.30 bits per heavy atom. The second kappa shape index (κ2) is 7.77. The number of aryl methyl sites for hydroxylation is 1. The average molecular weight is 320 g/mol. The first-order chi connectivity index (χ1) is 11.2. The molecule has 4 nitrogen and oxygen atoms in total. The lowest BCUT2D eigenvalue weighted by molar-refractivity contribution is -0.00913. The second-order valence-electron chi connectivity index (χ2n) is 6.60. The summed E-state index contributed by atoms with van der Waals surface area (Å²) < 4.78 is 18.8. The van der Waals surface area contributed by atoms with Crippen LogP contribution in [0.5, 0.6) is 0 Å². The molecule has 0 spiro atoms. The van der Waals surface area contributed by atoms with Gasteiger partial charge in [0.05, 0.1) is 6.10 Å². The van der Waals surface area contributed by atoms with Crippen LogP contribution in [0.15, 0.2) is 24.3 Å². The molecule has 0 radical (unpaired) electrons. The van der Waals surface area contributed by atoms with Crippen LogP contribution in [0, 0.1) is 11.7 Å². The van der Waals surface area contributed by atoms with Crippen molar-refractivity contribution in [2.45, 2.75) is 50.7 Å². The van der Waals surface area contributed by atoms with Crippen molar-refractivity contribution in [3.8, 4) is 0 Å². The zero-order valence-electron chi connectivity index (χ0n) is 13.4. The van der Waals surface area contributed by atoms with E-state index in [2.05, 4.69) is 10.6 Å². The first-order valence-electron chi connectivity index (χ1n) is 8.61. The average Bonchev–Trinajstić information content (AvgIpc) is 3.37. The molecule has 126 valence electrons. The van der Waals surface area contributed by atoms with E-state index in [1.165, 1.54) is 18.9 Å². The Bertz CT molecular complexity index is 534. The Kier molecular flexibility index (Phi) is 5.49. The highest BCUT2D eigenvalue weighted by Crippen LogP contribution is 2.38. The number of halogens is 1. The molecule has 1 aromatic rings. The Morgan fingerprint density at radius 3 is 2.96 bits per heavy atom. The fraction of sp³-hybridized carbons (Fsp3) is 0.611. The van der Waals surface area contributed by atoms with E-state index in [0.717, 1.165) is 37.9 Å². The summed E-state index contributed by atoms with van der Waals surface area (Å²) >= 11 is 0. The molecule has 2 fully saturated rings. The zero-order chi connectivity index (χ0) is 16.1. The molecular formula is C18H25FN2O2. The molecule has 0 bridgehead atoms. The van der Waals surface area contributed by atoms with Crippen molar-refractivity contribution in [3.63, 3.8) is 0 Å². The van der Waals surface area contributed by atoms with Gasteiger partial charge in [-0.1, -0.05) is 12.1 Å². The minimum Gasteiger partial charge on any atom is -0.378 e. The van der Waals surface area contributed by atoms with Gasteiger partial charge >= 0.3 is 6.03 Å². The predicted molar refractivity (Wildman–Crippen MR) is 86.7 cm³/mol. The van der Waals surface area contributed by atoms with Gasteiger partial charge in [-0.15, -0.1) is 0 Å². The number of rotatable bonds is 6. The Morgan fingerprint density at radius 2 is 2.17 bits per heavy atom. The quantitative estimate of drug-likeness (QED) is 0.792. The summed E-state index contributed by atoms with van der Waals surface area (Å²) in [6, 6.07) is 6.72. The number of amides is 2. The number of ether oxygens (including phenoxy) is 1. The van der Waals surface area contributed by atoms with Gasteiger partial charge in [-0.2, -0.15) is 0 Å². The molecule has 3 rings (SSSR count). The largest absolute Gasteiger partial charge is 0.378 e. The molecule has 5 heteroatoms. The summed E-state index contributed by atoms with van der Waals surface area (Å²) in [4.78, 5) is 11.9. The molecule has 2 N–H and O–H groups in total. The number of carbonyl (C=O) groups is 1. The molecule has 1 aliphatic carbocycles. The van der Waals surface area contributed by atoms with Gasteiger partial charge in [0.15, 0.2) is 0 Å². The molecule has 2 amide bonds. The minimum absolute atomic E-state index is 0.106. The lowest BCUT2D eigenvalue weighted by Crippen LogP contribution is -2.46. The van der Waals surface area contributed by atoms with Crippen molar-refractivity contribution in [2.75, 3.05) is 13.2 Å².